The molecule has 0 saturated carbocycles. The monoisotopic (exact) mass is 148 g/mol. The number of benzene rings is 1. The zero-order valence-electron chi connectivity index (χ0n) is 6.67. The van der Waals surface area contributed by atoms with Gasteiger partial charge in [-0.25, -0.2) is 0 Å². The molecule has 0 fully saturated rings. The average Bonchev–Trinajstić information content (AvgIpc) is 2.03. The molecule has 0 heterocycles. The molecule has 0 unspecified atom stereocenters. The third kappa shape index (κ3) is 1.84. The molecule has 1 nitrogen and oxygen atoms in total. The van der Waals surface area contributed by atoms with Gasteiger partial charge >= 0.3 is 0 Å². The molecular formula is C10H12O. The molecule has 0 spiro atoms. The van der Waals surface area contributed by atoms with E-state index < -0.39 is 0 Å². The number of aromatic hydroxyl groups is 1. The van der Waals surface area contributed by atoms with Crippen molar-refractivity contribution >= 4 is 5.57 Å². The molecule has 11 heavy (non-hydrogen) atoms. The van der Waals surface area contributed by atoms with Gasteiger partial charge < -0.3 is 5.11 Å². The van der Waals surface area contributed by atoms with E-state index in [1.54, 1.807) is 12.1 Å². The van der Waals surface area contributed by atoms with Crippen molar-refractivity contribution in [2.24, 2.45) is 0 Å². The van der Waals surface area contributed by atoms with Gasteiger partial charge in [-0.2, -0.15) is 0 Å². The van der Waals surface area contributed by atoms with Gasteiger partial charge in [0.25, 0.3) is 0 Å². The van der Waals surface area contributed by atoms with E-state index in [0.29, 0.717) is 5.75 Å². The van der Waals surface area contributed by atoms with Crippen LogP contribution in [0.3, 0.4) is 0 Å². The Hall–Kier alpha value is -1.24. The minimum absolute atomic E-state index is 0.303. The lowest BCUT2D eigenvalue weighted by Gasteiger charge is -2.01. The summed E-state index contributed by atoms with van der Waals surface area (Å²) in [6, 6.07) is 7.16. The topological polar surface area (TPSA) is 20.2 Å². The summed E-state index contributed by atoms with van der Waals surface area (Å²) < 4.78 is 0. The van der Waals surface area contributed by atoms with Crippen LogP contribution in [-0.4, -0.2) is 5.11 Å². The van der Waals surface area contributed by atoms with Gasteiger partial charge in [0.15, 0.2) is 0 Å². The Morgan fingerprint density at radius 1 is 1.55 bits per heavy atom. The third-order valence-electron chi connectivity index (χ3n) is 1.68. The van der Waals surface area contributed by atoms with Crippen LogP contribution in [0.2, 0.25) is 0 Å². The zero-order chi connectivity index (χ0) is 8.27. The SMILES string of the molecule is C=C(CC)c1cccc(O)c1. The lowest BCUT2D eigenvalue weighted by Crippen LogP contribution is -1.78. The fourth-order valence-corrected chi connectivity index (χ4v) is 0.930. The second kappa shape index (κ2) is 3.24. The highest BCUT2D eigenvalue weighted by Gasteiger charge is 1.95. The van der Waals surface area contributed by atoms with E-state index in [2.05, 4.69) is 6.58 Å². The van der Waals surface area contributed by atoms with E-state index in [1.807, 2.05) is 19.1 Å². The molecule has 1 N–H and O–H groups in total. The fraction of sp³-hybridized carbons (Fsp3) is 0.200. The molecule has 0 saturated heterocycles. The van der Waals surface area contributed by atoms with Crippen LogP contribution in [-0.2, 0) is 0 Å². The van der Waals surface area contributed by atoms with Crippen molar-refractivity contribution in [2.45, 2.75) is 13.3 Å². The summed E-state index contributed by atoms with van der Waals surface area (Å²) in [5.74, 6) is 0.303. The Morgan fingerprint density at radius 2 is 2.27 bits per heavy atom. The quantitative estimate of drug-likeness (QED) is 0.683. The van der Waals surface area contributed by atoms with Gasteiger partial charge in [-0.05, 0) is 29.7 Å². The van der Waals surface area contributed by atoms with Gasteiger partial charge in [-0.15, -0.1) is 0 Å². The van der Waals surface area contributed by atoms with Crippen molar-refractivity contribution in [1.29, 1.82) is 0 Å². The highest BCUT2D eigenvalue weighted by atomic mass is 16.3. The summed E-state index contributed by atoms with van der Waals surface area (Å²) in [4.78, 5) is 0. The van der Waals surface area contributed by atoms with Crippen LogP contribution in [0, 0.1) is 0 Å². The van der Waals surface area contributed by atoms with Crippen LogP contribution in [0.15, 0.2) is 30.8 Å². The van der Waals surface area contributed by atoms with Gasteiger partial charge in [0.2, 0.25) is 0 Å². The van der Waals surface area contributed by atoms with Crippen molar-refractivity contribution in [3.8, 4) is 5.75 Å². The van der Waals surface area contributed by atoms with Crippen molar-refractivity contribution in [1.82, 2.24) is 0 Å². The number of phenols is 1. The van der Waals surface area contributed by atoms with Crippen molar-refractivity contribution in [3.05, 3.63) is 36.4 Å². The average molecular weight is 148 g/mol. The largest absolute Gasteiger partial charge is 0.508 e. The van der Waals surface area contributed by atoms with E-state index in [1.165, 1.54) is 0 Å². The summed E-state index contributed by atoms with van der Waals surface area (Å²) in [6.45, 7) is 5.92. The first-order valence-corrected chi connectivity index (χ1v) is 3.71. The van der Waals surface area contributed by atoms with Crippen molar-refractivity contribution < 1.29 is 5.11 Å². The molecule has 0 aliphatic carbocycles. The maximum atomic E-state index is 9.12. The minimum atomic E-state index is 0.303. The molecule has 1 heteroatoms. The Kier molecular flexibility index (Phi) is 2.32. The van der Waals surface area contributed by atoms with Gasteiger partial charge in [0.1, 0.15) is 5.75 Å². The number of rotatable bonds is 2. The highest BCUT2D eigenvalue weighted by Crippen LogP contribution is 2.19. The number of phenolic OH excluding ortho intramolecular Hbond substituents is 1. The van der Waals surface area contributed by atoms with Crippen LogP contribution < -0.4 is 0 Å². The predicted octanol–water partition coefficient (Wildman–Crippen LogP) is 2.82. The van der Waals surface area contributed by atoms with E-state index in [-0.39, 0.29) is 0 Å². The molecule has 1 aromatic carbocycles. The third-order valence-corrected chi connectivity index (χ3v) is 1.68. The van der Waals surface area contributed by atoms with Crippen LogP contribution in [0.1, 0.15) is 18.9 Å². The van der Waals surface area contributed by atoms with Gasteiger partial charge in [-0.3, -0.25) is 0 Å². The summed E-state index contributed by atoms with van der Waals surface area (Å²) in [6.07, 6.45) is 0.920. The molecule has 1 aromatic rings. The molecule has 0 aliphatic heterocycles. The van der Waals surface area contributed by atoms with Crippen molar-refractivity contribution in [3.63, 3.8) is 0 Å². The van der Waals surface area contributed by atoms with Gasteiger partial charge in [0, 0.05) is 0 Å². The maximum absolute atomic E-state index is 9.12. The molecule has 58 valence electrons. The molecule has 0 aromatic heterocycles. The Bertz CT molecular complexity index is 263. The molecule has 0 atom stereocenters. The molecule has 0 aliphatic rings. The lowest BCUT2D eigenvalue weighted by atomic mass is 10.1. The number of allylic oxidation sites excluding steroid dienone is 1. The second-order valence-electron chi connectivity index (χ2n) is 2.51. The normalized spacial score (nSPS) is 9.55. The first kappa shape index (κ1) is 7.86. The molecule has 0 amide bonds. The van der Waals surface area contributed by atoms with Crippen LogP contribution in [0.4, 0.5) is 0 Å². The Balaban J connectivity index is 2.96. The Labute approximate surface area is 67.0 Å². The molecular weight excluding hydrogens is 136 g/mol. The van der Waals surface area contributed by atoms with Gasteiger partial charge in [-0.1, -0.05) is 25.6 Å². The van der Waals surface area contributed by atoms with Gasteiger partial charge in [0.05, 0.1) is 0 Å². The zero-order valence-corrected chi connectivity index (χ0v) is 6.67. The summed E-state index contributed by atoms with van der Waals surface area (Å²) in [7, 11) is 0. The molecule has 0 bridgehead atoms. The first-order valence-electron chi connectivity index (χ1n) is 3.71. The maximum Gasteiger partial charge on any atom is 0.116 e. The number of hydrogen-bond acceptors (Lipinski definition) is 1. The minimum Gasteiger partial charge on any atom is -0.508 e. The van der Waals surface area contributed by atoms with E-state index in [4.69, 9.17) is 5.11 Å². The standard InChI is InChI=1S/C10H12O/c1-3-8(2)9-5-4-6-10(11)7-9/h4-7,11H,2-3H2,1H3. The number of hydrogen-bond donors (Lipinski definition) is 1. The van der Waals surface area contributed by atoms with E-state index >= 15 is 0 Å². The van der Waals surface area contributed by atoms with Crippen LogP contribution >= 0.6 is 0 Å². The van der Waals surface area contributed by atoms with E-state index in [9.17, 15) is 0 Å². The fourth-order valence-electron chi connectivity index (χ4n) is 0.930. The van der Waals surface area contributed by atoms with E-state index in [0.717, 1.165) is 17.6 Å². The lowest BCUT2D eigenvalue weighted by molar-refractivity contribution is 0.475. The van der Waals surface area contributed by atoms with Crippen molar-refractivity contribution in [2.75, 3.05) is 0 Å². The molecule has 1 rings (SSSR count). The Morgan fingerprint density at radius 3 is 2.82 bits per heavy atom. The summed E-state index contributed by atoms with van der Waals surface area (Å²) in [5.41, 5.74) is 2.08. The van der Waals surface area contributed by atoms with Crippen LogP contribution in [0.5, 0.6) is 5.75 Å². The van der Waals surface area contributed by atoms with Crippen LogP contribution in [0.25, 0.3) is 5.57 Å². The summed E-state index contributed by atoms with van der Waals surface area (Å²) >= 11 is 0. The predicted molar refractivity (Wildman–Crippen MR) is 47.4 cm³/mol. The smallest absolute Gasteiger partial charge is 0.116 e. The second-order valence-corrected chi connectivity index (χ2v) is 2.51. The first-order chi connectivity index (χ1) is 5.24. The summed E-state index contributed by atoms with van der Waals surface area (Å²) in [5, 5.41) is 9.12. The highest BCUT2D eigenvalue weighted by molar-refractivity contribution is 5.64. The molecule has 0 radical (unpaired) electrons.